The van der Waals surface area contributed by atoms with Gasteiger partial charge in [0.25, 0.3) is 0 Å². The lowest BCUT2D eigenvalue weighted by Gasteiger charge is -2.29. The third kappa shape index (κ3) is 1.85. The van der Waals surface area contributed by atoms with E-state index in [1.54, 1.807) is 0 Å². The number of aryl methyl sites for hydroxylation is 1. The molecule has 0 amide bonds. The topological polar surface area (TPSA) is 33.2 Å². The first-order valence-electron chi connectivity index (χ1n) is 5.80. The van der Waals surface area contributed by atoms with Crippen molar-refractivity contribution in [1.29, 1.82) is 0 Å². The summed E-state index contributed by atoms with van der Waals surface area (Å²) in [7, 11) is 0. The zero-order valence-corrected chi connectivity index (χ0v) is 10.6. The van der Waals surface area contributed by atoms with Crippen LogP contribution >= 0.6 is 12.2 Å². The second-order valence-electron chi connectivity index (χ2n) is 4.33. The average Bonchev–Trinajstić information content (AvgIpc) is 2.65. The molecule has 2 aromatic rings. The first-order valence-corrected chi connectivity index (χ1v) is 6.21. The molecule has 4 nitrogen and oxygen atoms in total. The van der Waals surface area contributed by atoms with Crippen LogP contribution in [0.25, 0.3) is 11.0 Å². The minimum atomic E-state index is 0.757. The second kappa shape index (κ2) is 4.16. The minimum absolute atomic E-state index is 0.757. The van der Waals surface area contributed by atoms with E-state index >= 15 is 0 Å². The monoisotopic (exact) mass is 249 g/mol. The van der Waals surface area contributed by atoms with Gasteiger partial charge >= 0.3 is 0 Å². The summed E-state index contributed by atoms with van der Waals surface area (Å²) in [5, 5.41) is 2.24. The Labute approximate surface area is 105 Å². The Bertz CT molecular complexity index is 595. The van der Waals surface area contributed by atoms with E-state index in [9.17, 15) is 0 Å². The van der Waals surface area contributed by atoms with E-state index in [0.717, 1.165) is 42.1 Å². The summed E-state index contributed by atoms with van der Waals surface area (Å²) in [6.45, 7) is 5.39. The summed E-state index contributed by atoms with van der Waals surface area (Å²) in [5.74, 6) is 0. The van der Waals surface area contributed by atoms with E-state index in [0.29, 0.717) is 0 Å². The number of ether oxygens (including phenoxy) is 1. The van der Waals surface area contributed by atoms with Gasteiger partial charge in [0.05, 0.1) is 37.3 Å². The van der Waals surface area contributed by atoms with Gasteiger partial charge in [-0.3, -0.25) is 0 Å². The van der Waals surface area contributed by atoms with Crippen LogP contribution in [0, 0.1) is 11.7 Å². The van der Waals surface area contributed by atoms with E-state index in [4.69, 9.17) is 17.0 Å². The molecule has 90 valence electrons. The van der Waals surface area contributed by atoms with Crippen LogP contribution in [-0.4, -0.2) is 36.0 Å². The number of aromatic amines is 1. The predicted octanol–water partition coefficient (Wildman–Crippen LogP) is 1.98. The molecule has 17 heavy (non-hydrogen) atoms. The lowest BCUT2D eigenvalue weighted by Crippen LogP contribution is -2.43. The van der Waals surface area contributed by atoms with Gasteiger partial charge in [0.2, 0.25) is 0 Å². The lowest BCUT2D eigenvalue weighted by molar-refractivity contribution is 0.111. The minimum Gasteiger partial charge on any atom is -0.378 e. The summed E-state index contributed by atoms with van der Waals surface area (Å²) in [4.78, 5) is 3.25. The molecule has 1 aromatic heterocycles. The summed E-state index contributed by atoms with van der Waals surface area (Å²) < 4.78 is 8.23. The molecule has 0 radical (unpaired) electrons. The molecule has 1 N–H and O–H groups in total. The van der Waals surface area contributed by atoms with E-state index in [1.165, 1.54) is 5.56 Å². The second-order valence-corrected chi connectivity index (χ2v) is 4.72. The molecule has 0 aliphatic carbocycles. The standard InChI is InChI=1S/C12H15N3OS/c1-9-2-3-10-11(8-9)15(12(17)13-10)14-4-6-16-7-5-14/h2-3,8H,4-7H2,1H3,(H,13,17). The summed E-state index contributed by atoms with van der Waals surface area (Å²) in [6.07, 6.45) is 0. The normalized spacial score (nSPS) is 16.6. The highest BCUT2D eigenvalue weighted by Crippen LogP contribution is 2.16. The average molecular weight is 249 g/mol. The van der Waals surface area contributed by atoms with E-state index in [-0.39, 0.29) is 0 Å². The van der Waals surface area contributed by atoms with Crippen LogP contribution < -0.4 is 5.01 Å². The van der Waals surface area contributed by atoms with Crippen molar-refractivity contribution in [3.63, 3.8) is 0 Å². The number of hydrogen-bond acceptors (Lipinski definition) is 3. The van der Waals surface area contributed by atoms with Gasteiger partial charge in [-0.2, -0.15) is 0 Å². The first-order chi connectivity index (χ1) is 8.25. The van der Waals surface area contributed by atoms with Crippen molar-refractivity contribution in [1.82, 2.24) is 9.66 Å². The SMILES string of the molecule is Cc1ccc2[nH]c(=S)n(N3CCOCC3)c2c1. The molecule has 1 aliphatic heterocycles. The number of benzene rings is 1. The number of imidazole rings is 1. The number of rotatable bonds is 1. The maximum Gasteiger partial charge on any atom is 0.197 e. The fraction of sp³-hybridized carbons (Fsp3) is 0.417. The van der Waals surface area contributed by atoms with Crippen LogP contribution in [-0.2, 0) is 4.74 Å². The van der Waals surface area contributed by atoms with Gasteiger partial charge in [0.15, 0.2) is 4.77 Å². The molecule has 1 aromatic carbocycles. The number of nitrogens with zero attached hydrogens (tertiary/aromatic N) is 2. The number of nitrogens with one attached hydrogen (secondary N) is 1. The number of hydrogen-bond donors (Lipinski definition) is 1. The van der Waals surface area contributed by atoms with Crippen LogP contribution in [0.15, 0.2) is 18.2 Å². The Morgan fingerprint density at radius 3 is 2.82 bits per heavy atom. The van der Waals surface area contributed by atoms with Gasteiger partial charge in [0, 0.05) is 0 Å². The molecule has 1 saturated heterocycles. The maximum atomic E-state index is 5.40. The lowest BCUT2D eigenvalue weighted by atomic mass is 10.2. The van der Waals surface area contributed by atoms with Crippen molar-refractivity contribution in [3.05, 3.63) is 28.5 Å². The van der Waals surface area contributed by atoms with Crippen molar-refractivity contribution >= 4 is 23.3 Å². The zero-order chi connectivity index (χ0) is 11.8. The smallest absolute Gasteiger partial charge is 0.197 e. The highest BCUT2D eigenvalue weighted by atomic mass is 32.1. The van der Waals surface area contributed by atoms with Crippen LogP contribution in [0.5, 0.6) is 0 Å². The predicted molar refractivity (Wildman–Crippen MR) is 70.6 cm³/mol. The summed E-state index contributed by atoms with van der Waals surface area (Å²) >= 11 is 5.40. The molecule has 2 heterocycles. The molecule has 1 aliphatic rings. The Balaban J connectivity index is 2.16. The van der Waals surface area contributed by atoms with Crippen LogP contribution in [0.3, 0.4) is 0 Å². The quantitative estimate of drug-likeness (QED) is 0.785. The molecule has 5 heteroatoms. The summed E-state index contributed by atoms with van der Waals surface area (Å²) in [5.41, 5.74) is 3.48. The molecule has 0 saturated carbocycles. The van der Waals surface area contributed by atoms with Gasteiger partial charge in [-0.15, -0.1) is 0 Å². The highest BCUT2D eigenvalue weighted by molar-refractivity contribution is 7.71. The van der Waals surface area contributed by atoms with Gasteiger partial charge in [-0.1, -0.05) is 6.07 Å². The molecular formula is C12H15N3OS. The Morgan fingerprint density at radius 1 is 1.29 bits per heavy atom. The number of H-pyrrole nitrogens is 1. The number of morpholine rings is 1. The summed E-state index contributed by atoms with van der Waals surface area (Å²) in [6, 6.07) is 6.34. The third-order valence-electron chi connectivity index (χ3n) is 3.09. The molecule has 1 fully saturated rings. The molecular weight excluding hydrogens is 234 g/mol. The van der Waals surface area contributed by atoms with Gasteiger partial charge in [-0.25, -0.2) is 4.68 Å². The van der Waals surface area contributed by atoms with Crippen LogP contribution in [0.2, 0.25) is 0 Å². The molecule has 3 rings (SSSR count). The van der Waals surface area contributed by atoms with Gasteiger partial charge in [-0.05, 0) is 36.8 Å². The number of fused-ring (bicyclic) bond motifs is 1. The van der Waals surface area contributed by atoms with Crippen LogP contribution in [0.1, 0.15) is 5.56 Å². The Kier molecular flexibility index (Phi) is 2.64. The van der Waals surface area contributed by atoms with Crippen molar-refractivity contribution in [3.8, 4) is 0 Å². The van der Waals surface area contributed by atoms with Crippen molar-refractivity contribution in [2.45, 2.75) is 6.92 Å². The molecule has 0 spiro atoms. The van der Waals surface area contributed by atoms with E-state index < -0.39 is 0 Å². The highest BCUT2D eigenvalue weighted by Gasteiger charge is 2.14. The van der Waals surface area contributed by atoms with Crippen molar-refractivity contribution in [2.24, 2.45) is 0 Å². The number of aromatic nitrogens is 2. The first kappa shape index (κ1) is 10.8. The van der Waals surface area contributed by atoms with E-state index in [2.05, 4.69) is 39.8 Å². The zero-order valence-electron chi connectivity index (χ0n) is 9.77. The molecule has 0 bridgehead atoms. The van der Waals surface area contributed by atoms with Crippen LogP contribution in [0.4, 0.5) is 0 Å². The maximum absolute atomic E-state index is 5.40. The molecule has 0 unspecified atom stereocenters. The van der Waals surface area contributed by atoms with Crippen molar-refractivity contribution < 1.29 is 4.74 Å². The van der Waals surface area contributed by atoms with Crippen molar-refractivity contribution in [2.75, 3.05) is 31.3 Å². The largest absolute Gasteiger partial charge is 0.378 e. The molecule has 0 atom stereocenters. The fourth-order valence-corrected chi connectivity index (χ4v) is 2.56. The Hall–Kier alpha value is -1.33. The van der Waals surface area contributed by atoms with Gasteiger partial charge in [0.1, 0.15) is 0 Å². The van der Waals surface area contributed by atoms with Gasteiger partial charge < -0.3 is 14.7 Å². The van der Waals surface area contributed by atoms with E-state index in [1.807, 2.05) is 0 Å². The fourth-order valence-electron chi connectivity index (χ4n) is 2.23. The Morgan fingerprint density at radius 2 is 2.06 bits per heavy atom. The third-order valence-corrected chi connectivity index (χ3v) is 3.36.